The average molecular weight is 262 g/mol. The van der Waals surface area contributed by atoms with Gasteiger partial charge in [0, 0.05) is 12.6 Å². The molecule has 0 bridgehead atoms. The molecule has 0 amide bonds. The molecular formula is C12H26N2O2S. The predicted molar refractivity (Wildman–Crippen MR) is 71.4 cm³/mol. The molecule has 0 saturated heterocycles. The van der Waals surface area contributed by atoms with Crippen molar-refractivity contribution in [2.45, 2.75) is 51.3 Å². The Morgan fingerprint density at radius 1 is 1.29 bits per heavy atom. The molecule has 4 unspecified atom stereocenters. The van der Waals surface area contributed by atoms with E-state index >= 15 is 0 Å². The molecule has 2 N–H and O–H groups in total. The average Bonchev–Trinajstić information content (AvgIpc) is 2.22. The lowest BCUT2D eigenvalue weighted by molar-refractivity contribution is 0.249. The van der Waals surface area contributed by atoms with E-state index in [1.54, 1.807) is 14.0 Å². The van der Waals surface area contributed by atoms with Gasteiger partial charge in [0.25, 0.3) is 0 Å². The first-order valence-electron chi connectivity index (χ1n) is 6.52. The number of hydrogen-bond donors (Lipinski definition) is 2. The molecule has 0 spiro atoms. The first-order chi connectivity index (χ1) is 7.86. The monoisotopic (exact) mass is 262 g/mol. The molecule has 5 heteroatoms. The van der Waals surface area contributed by atoms with Gasteiger partial charge in [0.2, 0.25) is 10.0 Å². The summed E-state index contributed by atoms with van der Waals surface area (Å²) in [5.74, 6) is 1.16. The van der Waals surface area contributed by atoms with Gasteiger partial charge in [-0.15, -0.1) is 0 Å². The summed E-state index contributed by atoms with van der Waals surface area (Å²) in [6, 6.07) is 0.121. The molecule has 1 saturated carbocycles. The van der Waals surface area contributed by atoms with Crippen molar-refractivity contribution in [1.29, 1.82) is 0 Å². The lowest BCUT2D eigenvalue weighted by Crippen LogP contribution is -2.47. The topological polar surface area (TPSA) is 58.2 Å². The zero-order chi connectivity index (χ0) is 13.1. The van der Waals surface area contributed by atoms with Crippen molar-refractivity contribution in [2.75, 3.05) is 13.6 Å². The molecule has 0 aromatic heterocycles. The third-order valence-electron chi connectivity index (χ3n) is 3.77. The van der Waals surface area contributed by atoms with Gasteiger partial charge in [0.15, 0.2) is 0 Å². The second kappa shape index (κ2) is 6.16. The lowest BCUT2D eigenvalue weighted by Gasteiger charge is -2.33. The van der Waals surface area contributed by atoms with Crippen molar-refractivity contribution >= 4 is 10.0 Å². The van der Waals surface area contributed by atoms with Crippen LogP contribution in [0.5, 0.6) is 0 Å². The van der Waals surface area contributed by atoms with E-state index in [1.807, 2.05) is 0 Å². The van der Waals surface area contributed by atoms with Crippen LogP contribution in [-0.4, -0.2) is 33.3 Å². The molecule has 0 aromatic rings. The van der Waals surface area contributed by atoms with Crippen LogP contribution in [0, 0.1) is 11.8 Å². The van der Waals surface area contributed by atoms with Crippen molar-refractivity contribution < 1.29 is 8.42 Å². The second-order valence-corrected chi connectivity index (χ2v) is 7.66. The number of sulfonamides is 1. The lowest BCUT2D eigenvalue weighted by atomic mass is 9.80. The zero-order valence-corrected chi connectivity index (χ0v) is 12.2. The first-order valence-corrected chi connectivity index (χ1v) is 8.07. The van der Waals surface area contributed by atoms with Gasteiger partial charge in [-0.1, -0.05) is 13.8 Å². The zero-order valence-electron chi connectivity index (χ0n) is 11.4. The smallest absolute Gasteiger partial charge is 0.215 e. The normalized spacial score (nSPS) is 32.4. The summed E-state index contributed by atoms with van der Waals surface area (Å²) in [7, 11) is -1.41. The minimum Gasteiger partial charge on any atom is -0.318 e. The molecule has 0 radical (unpaired) electrons. The Morgan fingerprint density at radius 3 is 2.47 bits per heavy atom. The van der Waals surface area contributed by atoms with E-state index < -0.39 is 10.0 Å². The van der Waals surface area contributed by atoms with Crippen LogP contribution in [0.25, 0.3) is 0 Å². The van der Waals surface area contributed by atoms with Crippen molar-refractivity contribution in [3.8, 4) is 0 Å². The summed E-state index contributed by atoms with van der Waals surface area (Å²) in [5.41, 5.74) is 0. The fourth-order valence-electron chi connectivity index (χ4n) is 2.56. The van der Waals surface area contributed by atoms with Crippen LogP contribution in [0.1, 0.15) is 40.0 Å². The molecule has 1 aliphatic carbocycles. The van der Waals surface area contributed by atoms with E-state index in [9.17, 15) is 8.42 Å². The first kappa shape index (κ1) is 14.9. The van der Waals surface area contributed by atoms with Crippen LogP contribution in [0.3, 0.4) is 0 Å². The Morgan fingerprint density at radius 2 is 1.94 bits per heavy atom. The fraction of sp³-hybridized carbons (Fsp3) is 1.00. The minimum atomic E-state index is -3.18. The van der Waals surface area contributed by atoms with Crippen molar-refractivity contribution in [3.63, 3.8) is 0 Å². The van der Waals surface area contributed by atoms with Gasteiger partial charge in [-0.05, 0) is 45.1 Å². The molecule has 1 fully saturated rings. The molecule has 1 aliphatic rings. The summed E-state index contributed by atoms with van der Waals surface area (Å²) < 4.78 is 27.0. The molecule has 0 heterocycles. The Bertz CT molecular complexity index is 329. The molecule has 4 nitrogen and oxygen atoms in total. The van der Waals surface area contributed by atoms with Crippen LogP contribution in [0.15, 0.2) is 0 Å². The Kier molecular flexibility index (Phi) is 5.41. The van der Waals surface area contributed by atoms with E-state index in [4.69, 9.17) is 0 Å². The summed E-state index contributed by atoms with van der Waals surface area (Å²) >= 11 is 0. The van der Waals surface area contributed by atoms with Gasteiger partial charge in [-0.25, -0.2) is 13.1 Å². The molecular weight excluding hydrogens is 236 g/mol. The van der Waals surface area contributed by atoms with Gasteiger partial charge >= 0.3 is 0 Å². The van der Waals surface area contributed by atoms with Crippen LogP contribution >= 0.6 is 0 Å². The largest absolute Gasteiger partial charge is 0.318 e. The van der Waals surface area contributed by atoms with Gasteiger partial charge in [0.1, 0.15) is 0 Å². The minimum absolute atomic E-state index is 0.121. The number of rotatable bonds is 5. The Hall–Kier alpha value is -0.130. The van der Waals surface area contributed by atoms with Crippen LogP contribution in [0.4, 0.5) is 0 Å². The predicted octanol–water partition coefficient (Wildman–Crippen LogP) is 1.34. The van der Waals surface area contributed by atoms with Gasteiger partial charge < -0.3 is 5.32 Å². The fourth-order valence-corrected chi connectivity index (χ4v) is 3.96. The van der Waals surface area contributed by atoms with Crippen molar-refractivity contribution in [3.05, 3.63) is 0 Å². The Balaban J connectivity index is 2.58. The standard InChI is InChI=1S/C12H26N2O2S/c1-9-5-6-12(10(2)7-9)14-17(15,16)11(3)8-13-4/h9-14H,5-8H2,1-4H3. The van der Waals surface area contributed by atoms with E-state index in [0.29, 0.717) is 12.5 Å². The quantitative estimate of drug-likeness (QED) is 0.786. The number of nitrogens with one attached hydrogen (secondary N) is 2. The van der Waals surface area contributed by atoms with E-state index in [0.717, 1.165) is 25.2 Å². The van der Waals surface area contributed by atoms with Crippen molar-refractivity contribution in [1.82, 2.24) is 10.0 Å². The third kappa shape index (κ3) is 4.23. The molecule has 0 aliphatic heterocycles. The third-order valence-corrected chi connectivity index (χ3v) is 5.63. The summed E-state index contributed by atoms with van der Waals surface area (Å²) in [5, 5.41) is 2.53. The molecule has 4 atom stereocenters. The van der Waals surface area contributed by atoms with Crippen LogP contribution in [0.2, 0.25) is 0 Å². The highest BCUT2D eigenvalue weighted by atomic mass is 32.2. The van der Waals surface area contributed by atoms with Crippen molar-refractivity contribution in [2.24, 2.45) is 11.8 Å². The molecule has 1 rings (SSSR count). The molecule has 0 aromatic carbocycles. The second-order valence-electron chi connectivity index (χ2n) is 5.53. The van der Waals surface area contributed by atoms with E-state index in [1.165, 1.54) is 0 Å². The van der Waals surface area contributed by atoms with Crippen LogP contribution in [-0.2, 0) is 10.0 Å². The maximum atomic E-state index is 12.1. The highest BCUT2D eigenvalue weighted by Gasteiger charge is 2.30. The van der Waals surface area contributed by atoms with E-state index in [-0.39, 0.29) is 11.3 Å². The summed E-state index contributed by atoms with van der Waals surface area (Å²) in [4.78, 5) is 0. The SMILES string of the molecule is CNCC(C)S(=O)(=O)NC1CCC(C)CC1C. The van der Waals surface area contributed by atoms with Gasteiger partial charge in [0.05, 0.1) is 5.25 Å². The highest BCUT2D eigenvalue weighted by molar-refractivity contribution is 7.90. The number of hydrogen-bond acceptors (Lipinski definition) is 3. The van der Waals surface area contributed by atoms with E-state index in [2.05, 4.69) is 23.9 Å². The van der Waals surface area contributed by atoms with Gasteiger partial charge in [-0.3, -0.25) is 0 Å². The molecule has 102 valence electrons. The summed E-state index contributed by atoms with van der Waals surface area (Å²) in [6.45, 7) is 6.62. The van der Waals surface area contributed by atoms with Gasteiger partial charge in [-0.2, -0.15) is 0 Å². The van der Waals surface area contributed by atoms with Crippen LogP contribution < -0.4 is 10.0 Å². The maximum absolute atomic E-state index is 12.1. The molecule has 17 heavy (non-hydrogen) atoms. The summed E-state index contributed by atoms with van der Waals surface area (Å²) in [6.07, 6.45) is 3.21. The maximum Gasteiger partial charge on any atom is 0.215 e. The Labute approximate surface area is 106 Å². The highest BCUT2D eigenvalue weighted by Crippen LogP contribution is 2.29.